The van der Waals surface area contributed by atoms with Crippen molar-refractivity contribution in [3.05, 3.63) is 59.0 Å². The lowest BCUT2D eigenvalue weighted by molar-refractivity contribution is -0.129. The molecule has 2 heterocycles. The van der Waals surface area contributed by atoms with Gasteiger partial charge < -0.3 is 20.0 Å². The Morgan fingerprint density at radius 2 is 1.93 bits per heavy atom. The zero-order chi connectivity index (χ0) is 19.2. The Morgan fingerprint density at radius 3 is 2.67 bits per heavy atom. The predicted molar refractivity (Wildman–Crippen MR) is 99.0 cm³/mol. The molecule has 3 rings (SSSR count). The first-order valence-electron chi connectivity index (χ1n) is 8.65. The van der Waals surface area contributed by atoms with Crippen molar-refractivity contribution < 1.29 is 18.8 Å². The molecule has 1 atom stereocenters. The van der Waals surface area contributed by atoms with E-state index in [9.17, 15) is 14.4 Å². The van der Waals surface area contributed by atoms with E-state index in [1.807, 2.05) is 0 Å². The molecule has 1 saturated heterocycles. The fraction of sp³-hybridized carbons (Fsp3) is 0.316. The van der Waals surface area contributed by atoms with Crippen LogP contribution in [-0.2, 0) is 16.1 Å². The van der Waals surface area contributed by atoms with Crippen molar-refractivity contribution in [2.24, 2.45) is 5.92 Å². The summed E-state index contributed by atoms with van der Waals surface area (Å²) in [6.07, 6.45) is 1.73. The molecule has 1 aliphatic heterocycles. The maximum atomic E-state index is 12.3. The summed E-state index contributed by atoms with van der Waals surface area (Å²) < 4.78 is 5.24. The molecule has 1 fully saturated rings. The Labute approximate surface area is 161 Å². The summed E-state index contributed by atoms with van der Waals surface area (Å²) in [6.45, 7) is 1.27. The molecule has 0 radical (unpaired) electrons. The number of nitrogens with zero attached hydrogens (tertiary/aromatic N) is 1. The van der Waals surface area contributed by atoms with Crippen molar-refractivity contribution in [1.29, 1.82) is 0 Å². The molecule has 1 aromatic carbocycles. The molecule has 142 valence electrons. The third kappa shape index (κ3) is 4.89. The summed E-state index contributed by atoms with van der Waals surface area (Å²) in [7, 11) is 0. The van der Waals surface area contributed by atoms with Crippen molar-refractivity contribution in [2.45, 2.75) is 13.0 Å². The van der Waals surface area contributed by atoms with Gasteiger partial charge in [0, 0.05) is 26.1 Å². The Hall–Kier alpha value is -2.80. The molecule has 1 aliphatic rings. The minimum absolute atomic E-state index is 0.0708. The minimum atomic E-state index is -0.397. The van der Waals surface area contributed by atoms with Crippen LogP contribution in [0.4, 0.5) is 0 Å². The van der Waals surface area contributed by atoms with Gasteiger partial charge in [0.15, 0.2) is 0 Å². The van der Waals surface area contributed by atoms with Crippen molar-refractivity contribution in [3.63, 3.8) is 0 Å². The second-order valence-electron chi connectivity index (χ2n) is 6.28. The van der Waals surface area contributed by atoms with Crippen molar-refractivity contribution in [3.8, 4) is 0 Å². The van der Waals surface area contributed by atoms with Gasteiger partial charge in [-0.25, -0.2) is 0 Å². The Kier molecular flexibility index (Phi) is 6.13. The van der Waals surface area contributed by atoms with Crippen molar-refractivity contribution >= 4 is 29.3 Å². The molecule has 27 heavy (non-hydrogen) atoms. The number of benzene rings is 1. The number of nitrogens with one attached hydrogen (secondary N) is 2. The lowest BCUT2D eigenvalue weighted by Gasteiger charge is -2.15. The number of carbonyl (C=O) groups excluding carboxylic acids is 3. The third-order valence-corrected chi connectivity index (χ3v) is 4.67. The zero-order valence-corrected chi connectivity index (χ0v) is 15.4. The smallest absolute Gasteiger partial charge is 0.252 e. The van der Waals surface area contributed by atoms with Crippen molar-refractivity contribution in [2.75, 3.05) is 19.6 Å². The van der Waals surface area contributed by atoms with Gasteiger partial charge in [-0.05, 0) is 24.3 Å². The number of halogens is 1. The van der Waals surface area contributed by atoms with Crippen LogP contribution in [0.1, 0.15) is 22.5 Å². The first-order chi connectivity index (χ1) is 13.0. The highest BCUT2D eigenvalue weighted by atomic mass is 35.5. The van der Waals surface area contributed by atoms with Gasteiger partial charge in [0.1, 0.15) is 5.76 Å². The lowest BCUT2D eigenvalue weighted by Crippen LogP contribution is -2.38. The predicted octanol–water partition coefficient (Wildman–Crippen LogP) is 1.83. The van der Waals surface area contributed by atoms with Crippen LogP contribution in [0.3, 0.4) is 0 Å². The fourth-order valence-electron chi connectivity index (χ4n) is 2.94. The van der Waals surface area contributed by atoms with Crippen LogP contribution in [-0.4, -0.2) is 42.3 Å². The van der Waals surface area contributed by atoms with Crippen molar-refractivity contribution in [1.82, 2.24) is 15.5 Å². The van der Waals surface area contributed by atoms with Crippen LogP contribution >= 0.6 is 11.6 Å². The van der Waals surface area contributed by atoms with Gasteiger partial charge in [0.25, 0.3) is 5.91 Å². The largest absolute Gasteiger partial charge is 0.467 e. The van der Waals surface area contributed by atoms with E-state index in [-0.39, 0.29) is 37.2 Å². The van der Waals surface area contributed by atoms with Crippen LogP contribution in [0.25, 0.3) is 0 Å². The van der Waals surface area contributed by atoms with Gasteiger partial charge in [0.05, 0.1) is 29.3 Å². The molecule has 1 aromatic heterocycles. The summed E-state index contributed by atoms with van der Waals surface area (Å²) in [6, 6.07) is 10.3. The number of rotatable bonds is 7. The number of furan rings is 1. The third-order valence-electron chi connectivity index (χ3n) is 4.34. The van der Waals surface area contributed by atoms with Crippen LogP contribution < -0.4 is 10.6 Å². The Morgan fingerprint density at radius 1 is 1.15 bits per heavy atom. The van der Waals surface area contributed by atoms with Gasteiger partial charge in [0.2, 0.25) is 11.8 Å². The molecule has 0 spiro atoms. The van der Waals surface area contributed by atoms with E-state index in [1.54, 1.807) is 47.6 Å². The highest BCUT2D eigenvalue weighted by Crippen LogP contribution is 2.20. The van der Waals surface area contributed by atoms with E-state index < -0.39 is 5.92 Å². The Balaban J connectivity index is 1.40. The van der Waals surface area contributed by atoms with Crippen LogP contribution in [0.5, 0.6) is 0 Å². The quantitative estimate of drug-likeness (QED) is 0.707. The van der Waals surface area contributed by atoms with Crippen LogP contribution in [0.2, 0.25) is 5.02 Å². The van der Waals surface area contributed by atoms with E-state index in [4.69, 9.17) is 16.0 Å². The number of hydrogen-bond acceptors (Lipinski definition) is 4. The van der Waals surface area contributed by atoms with E-state index in [1.165, 1.54) is 0 Å². The van der Waals surface area contributed by atoms with Gasteiger partial charge in [-0.3, -0.25) is 14.4 Å². The molecule has 3 amide bonds. The molecule has 1 unspecified atom stereocenters. The maximum Gasteiger partial charge on any atom is 0.252 e. The molecule has 0 aliphatic carbocycles. The van der Waals surface area contributed by atoms with Gasteiger partial charge >= 0.3 is 0 Å². The average Bonchev–Trinajstić information content (AvgIpc) is 3.29. The normalized spacial score (nSPS) is 16.4. The highest BCUT2D eigenvalue weighted by molar-refractivity contribution is 6.33. The summed E-state index contributed by atoms with van der Waals surface area (Å²) in [5.74, 6) is -0.273. The number of amides is 3. The number of likely N-dealkylation sites (tertiary alicyclic amines) is 1. The molecule has 8 heteroatoms. The molecule has 0 saturated carbocycles. The Bertz CT molecular complexity index is 822. The second kappa shape index (κ2) is 8.73. The maximum absolute atomic E-state index is 12.3. The molecular formula is C19H20ClN3O4. The van der Waals surface area contributed by atoms with E-state index >= 15 is 0 Å². The van der Waals surface area contributed by atoms with E-state index in [0.717, 1.165) is 0 Å². The summed E-state index contributed by atoms with van der Waals surface area (Å²) >= 11 is 5.97. The number of hydrogen-bond donors (Lipinski definition) is 2. The lowest BCUT2D eigenvalue weighted by atomic mass is 10.1. The van der Waals surface area contributed by atoms with Crippen LogP contribution in [0.15, 0.2) is 47.1 Å². The molecule has 7 nitrogen and oxygen atoms in total. The number of carbonyl (C=O) groups is 3. The SMILES string of the molecule is O=C(NCCNC(=O)C1CC(=O)N(Cc2ccco2)C1)c1ccccc1Cl. The zero-order valence-electron chi connectivity index (χ0n) is 14.6. The fourth-order valence-corrected chi connectivity index (χ4v) is 3.16. The summed E-state index contributed by atoms with van der Waals surface area (Å²) in [5, 5.41) is 5.84. The summed E-state index contributed by atoms with van der Waals surface area (Å²) in [5.41, 5.74) is 0.389. The van der Waals surface area contributed by atoms with E-state index in [0.29, 0.717) is 29.4 Å². The topological polar surface area (TPSA) is 91.7 Å². The minimum Gasteiger partial charge on any atom is -0.467 e. The standard InChI is InChI=1S/C19H20ClN3O4/c20-16-6-2-1-5-15(16)19(26)22-8-7-21-18(25)13-10-17(24)23(11-13)12-14-4-3-9-27-14/h1-6,9,13H,7-8,10-12H2,(H,21,25)(H,22,26). The van der Waals surface area contributed by atoms with Gasteiger partial charge in [-0.15, -0.1) is 0 Å². The molecule has 0 bridgehead atoms. The highest BCUT2D eigenvalue weighted by Gasteiger charge is 2.34. The molecular weight excluding hydrogens is 370 g/mol. The second-order valence-corrected chi connectivity index (χ2v) is 6.69. The first-order valence-corrected chi connectivity index (χ1v) is 9.03. The summed E-state index contributed by atoms with van der Waals surface area (Å²) in [4.78, 5) is 38.0. The monoisotopic (exact) mass is 389 g/mol. The van der Waals surface area contributed by atoms with Gasteiger partial charge in [-0.1, -0.05) is 23.7 Å². The molecule has 2 aromatic rings. The molecule has 2 N–H and O–H groups in total. The van der Waals surface area contributed by atoms with Gasteiger partial charge in [-0.2, -0.15) is 0 Å². The van der Waals surface area contributed by atoms with Crippen LogP contribution in [0, 0.1) is 5.92 Å². The average molecular weight is 390 g/mol. The first kappa shape index (κ1) is 19.0. The van der Waals surface area contributed by atoms with E-state index in [2.05, 4.69) is 10.6 Å².